The summed E-state index contributed by atoms with van der Waals surface area (Å²) in [5.74, 6) is -0.921. The van der Waals surface area contributed by atoms with Crippen LogP contribution in [-0.2, 0) is 4.79 Å². The standard InChI is InChI=1S/C15H14N4O5/c1-10(11-4-6-12(7-5-11)19(22)23)17-18-14(20)9-16-15(21)13-3-2-8-24-13/h2-8H,9H2,1H3,(H,16,21)(H,18,20)/b17-10+. The van der Waals surface area contributed by atoms with Crippen LogP contribution in [0.4, 0.5) is 5.69 Å². The van der Waals surface area contributed by atoms with E-state index in [1.807, 2.05) is 0 Å². The molecular formula is C15H14N4O5. The lowest BCUT2D eigenvalue weighted by atomic mass is 10.1. The minimum absolute atomic E-state index is 0.0313. The van der Waals surface area contributed by atoms with Crippen molar-refractivity contribution < 1.29 is 18.9 Å². The number of amides is 2. The third-order valence-electron chi connectivity index (χ3n) is 3.00. The topological polar surface area (TPSA) is 127 Å². The molecular weight excluding hydrogens is 316 g/mol. The molecule has 1 heterocycles. The summed E-state index contributed by atoms with van der Waals surface area (Å²) >= 11 is 0. The van der Waals surface area contributed by atoms with Gasteiger partial charge < -0.3 is 9.73 Å². The Kier molecular flexibility index (Phi) is 5.40. The Hall–Kier alpha value is -3.49. The van der Waals surface area contributed by atoms with Crippen LogP contribution in [0.5, 0.6) is 0 Å². The van der Waals surface area contributed by atoms with Crippen molar-refractivity contribution >= 4 is 23.2 Å². The summed E-state index contributed by atoms with van der Waals surface area (Å²) in [6, 6.07) is 8.79. The molecule has 0 unspecified atom stereocenters. The number of hydrazone groups is 1. The number of rotatable bonds is 6. The molecule has 9 nitrogen and oxygen atoms in total. The zero-order valence-electron chi connectivity index (χ0n) is 12.7. The van der Waals surface area contributed by atoms with E-state index in [2.05, 4.69) is 15.8 Å². The van der Waals surface area contributed by atoms with E-state index in [-0.39, 0.29) is 18.0 Å². The second-order valence-electron chi connectivity index (χ2n) is 4.70. The number of carbonyl (C=O) groups is 2. The first-order valence-corrected chi connectivity index (χ1v) is 6.87. The normalized spacial score (nSPS) is 11.0. The Morgan fingerprint density at radius 2 is 1.96 bits per heavy atom. The SMILES string of the molecule is C/C(=N\NC(=O)CNC(=O)c1ccco1)c1ccc([N+](=O)[O-])cc1. The van der Waals surface area contributed by atoms with Crippen molar-refractivity contribution in [3.63, 3.8) is 0 Å². The zero-order valence-corrected chi connectivity index (χ0v) is 12.7. The van der Waals surface area contributed by atoms with Crippen molar-refractivity contribution in [3.8, 4) is 0 Å². The molecule has 0 atom stereocenters. The highest BCUT2D eigenvalue weighted by molar-refractivity contribution is 5.99. The predicted molar refractivity (Wildman–Crippen MR) is 84.5 cm³/mol. The van der Waals surface area contributed by atoms with Crippen molar-refractivity contribution in [2.24, 2.45) is 5.10 Å². The lowest BCUT2D eigenvalue weighted by Crippen LogP contribution is -2.35. The quantitative estimate of drug-likeness (QED) is 0.471. The molecule has 1 aromatic heterocycles. The molecule has 0 aliphatic rings. The molecule has 0 saturated heterocycles. The molecule has 0 radical (unpaired) electrons. The second kappa shape index (κ2) is 7.68. The van der Waals surface area contributed by atoms with E-state index in [4.69, 9.17) is 4.42 Å². The van der Waals surface area contributed by atoms with Crippen LogP contribution in [0.15, 0.2) is 52.2 Å². The largest absolute Gasteiger partial charge is 0.459 e. The summed E-state index contributed by atoms with van der Waals surface area (Å²) in [5, 5.41) is 16.8. The lowest BCUT2D eigenvalue weighted by Gasteiger charge is -2.04. The molecule has 9 heteroatoms. The van der Waals surface area contributed by atoms with Crippen molar-refractivity contribution in [1.29, 1.82) is 0 Å². The summed E-state index contributed by atoms with van der Waals surface area (Å²) in [6.07, 6.45) is 1.35. The number of nitrogens with one attached hydrogen (secondary N) is 2. The highest BCUT2D eigenvalue weighted by Gasteiger charge is 2.10. The van der Waals surface area contributed by atoms with Gasteiger partial charge in [-0.25, -0.2) is 5.43 Å². The van der Waals surface area contributed by atoms with Crippen molar-refractivity contribution in [1.82, 2.24) is 10.7 Å². The number of hydrogen-bond donors (Lipinski definition) is 2. The van der Waals surface area contributed by atoms with Gasteiger partial charge in [-0.1, -0.05) is 0 Å². The lowest BCUT2D eigenvalue weighted by molar-refractivity contribution is -0.384. The van der Waals surface area contributed by atoms with Crippen LogP contribution < -0.4 is 10.7 Å². The Morgan fingerprint density at radius 1 is 1.25 bits per heavy atom. The summed E-state index contributed by atoms with van der Waals surface area (Å²) in [5.41, 5.74) is 3.35. The maximum atomic E-state index is 11.6. The fourth-order valence-corrected chi connectivity index (χ4v) is 1.73. The Labute approximate surface area is 136 Å². The number of nitrogens with zero attached hydrogens (tertiary/aromatic N) is 2. The van der Waals surface area contributed by atoms with Crippen LogP contribution in [0, 0.1) is 10.1 Å². The first kappa shape index (κ1) is 16.9. The van der Waals surface area contributed by atoms with Gasteiger partial charge >= 0.3 is 0 Å². The summed E-state index contributed by atoms with van der Waals surface area (Å²) in [6.45, 7) is 1.37. The summed E-state index contributed by atoms with van der Waals surface area (Å²) in [4.78, 5) is 33.3. The van der Waals surface area contributed by atoms with Gasteiger partial charge in [0, 0.05) is 12.1 Å². The summed E-state index contributed by atoms with van der Waals surface area (Å²) < 4.78 is 4.89. The molecule has 2 rings (SSSR count). The molecule has 0 aliphatic heterocycles. The van der Waals surface area contributed by atoms with Gasteiger partial charge in [-0.05, 0) is 36.8 Å². The van der Waals surface area contributed by atoms with Gasteiger partial charge in [0.25, 0.3) is 17.5 Å². The van der Waals surface area contributed by atoms with Crippen molar-refractivity contribution in [3.05, 3.63) is 64.1 Å². The Balaban J connectivity index is 1.86. The third kappa shape index (κ3) is 4.50. The van der Waals surface area contributed by atoms with Gasteiger partial charge in [0.05, 0.1) is 23.4 Å². The molecule has 0 fully saturated rings. The molecule has 124 valence electrons. The molecule has 2 amide bonds. The third-order valence-corrected chi connectivity index (χ3v) is 3.00. The first-order chi connectivity index (χ1) is 11.5. The van der Waals surface area contributed by atoms with Gasteiger partial charge in [0.15, 0.2) is 5.76 Å². The number of hydrogen-bond acceptors (Lipinski definition) is 6. The van der Waals surface area contributed by atoms with Gasteiger partial charge in [-0.2, -0.15) is 5.10 Å². The van der Waals surface area contributed by atoms with Gasteiger partial charge in [0.2, 0.25) is 0 Å². The zero-order chi connectivity index (χ0) is 17.5. The number of furan rings is 1. The van der Waals surface area contributed by atoms with Crippen LogP contribution in [0.2, 0.25) is 0 Å². The number of nitro groups is 1. The summed E-state index contributed by atoms with van der Waals surface area (Å²) in [7, 11) is 0. The Morgan fingerprint density at radius 3 is 2.54 bits per heavy atom. The molecule has 0 bridgehead atoms. The predicted octanol–water partition coefficient (Wildman–Crippen LogP) is 1.46. The van der Waals surface area contributed by atoms with Crippen LogP contribution in [-0.4, -0.2) is 29.0 Å². The number of benzene rings is 1. The number of non-ortho nitro benzene ring substituents is 1. The van der Waals surface area contributed by atoms with E-state index in [1.54, 1.807) is 13.0 Å². The van der Waals surface area contributed by atoms with E-state index >= 15 is 0 Å². The molecule has 2 aromatic rings. The minimum Gasteiger partial charge on any atom is -0.459 e. The molecule has 0 spiro atoms. The van der Waals surface area contributed by atoms with Crippen LogP contribution in [0.3, 0.4) is 0 Å². The van der Waals surface area contributed by atoms with E-state index in [0.29, 0.717) is 11.3 Å². The molecule has 2 N–H and O–H groups in total. The first-order valence-electron chi connectivity index (χ1n) is 6.87. The van der Waals surface area contributed by atoms with E-state index in [9.17, 15) is 19.7 Å². The van der Waals surface area contributed by atoms with E-state index < -0.39 is 16.7 Å². The average Bonchev–Trinajstić information content (AvgIpc) is 3.12. The fourth-order valence-electron chi connectivity index (χ4n) is 1.73. The van der Waals surface area contributed by atoms with Gasteiger partial charge in [-0.3, -0.25) is 19.7 Å². The van der Waals surface area contributed by atoms with Crippen LogP contribution in [0.25, 0.3) is 0 Å². The molecule has 0 aliphatic carbocycles. The monoisotopic (exact) mass is 330 g/mol. The number of nitro benzene ring substituents is 1. The van der Waals surface area contributed by atoms with Gasteiger partial charge in [0.1, 0.15) is 0 Å². The minimum atomic E-state index is -0.517. The van der Waals surface area contributed by atoms with Crippen molar-refractivity contribution in [2.45, 2.75) is 6.92 Å². The van der Waals surface area contributed by atoms with Crippen molar-refractivity contribution in [2.75, 3.05) is 6.54 Å². The highest BCUT2D eigenvalue weighted by atomic mass is 16.6. The maximum absolute atomic E-state index is 11.6. The smallest absolute Gasteiger partial charge is 0.287 e. The molecule has 0 saturated carbocycles. The average molecular weight is 330 g/mol. The molecule has 1 aromatic carbocycles. The van der Waals surface area contributed by atoms with Crippen LogP contribution >= 0.6 is 0 Å². The molecule has 24 heavy (non-hydrogen) atoms. The second-order valence-corrected chi connectivity index (χ2v) is 4.70. The fraction of sp³-hybridized carbons (Fsp3) is 0.133. The number of carbonyl (C=O) groups excluding carboxylic acids is 2. The van der Waals surface area contributed by atoms with E-state index in [1.165, 1.54) is 36.6 Å². The Bertz CT molecular complexity index is 766. The van der Waals surface area contributed by atoms with Crippen LogP contribution in [0.1, 0.15) is 23.0 Å². The van der Waals surface area contributed by atoms with E-state index in [0.717, 1.165) is 0 Å². The highest BCUT2D eigenvalue weighted by Crippen LogP contribution is 2.12. The maximum Gasteiger partial charge on any atom is 0.287 e. The van der Waals surface area contributed by atoms with Gasteiger partial charge in [-0.15, -0.1) is 0 Å².